The average molecular weight is 380 g/mol. The summed E-state index contributed by atoms with van der Waals surface area (Å²) in [6.45, 7) is 6.06. The summed E-state index contributed by atoms with van der Waals surface area (Å²) >= 11 is 0. The average Bonchev–Trinajstić information content (AvgIpc) is 2.66. The van der Waals surface area contributed by atoms with Gasteiger partial charge in [0.25, 0.3) is 5.91 Å². The van der Waals surface area contributed by atoms with Gasteiger partial charge < -0.3 is 19.8 Å². The Kier molecular flexibility index (Phi) is 5.68. The predicted octanol–water partition coefficient (Wildman–Crippen LogP) is 3.56. The van der Waals surface area contributed by atoms with Crippen LogP contribution in [0.25, 0.3) is 10.9 Å². The lowest BCUT2D eigenvalue weighted by Crippen LogP contribution is -2.23. The lowest BCUT2D eigenvalue weighted by Gasteiger charge is -2.15. The van der Waals surface area contributed by atoms with Gasteiger partial charge in [-0.1, -0.05) is 6.07 Å². The monoisotopic (exact) mass is 380 g/mol. The third-order valence-corrected chi connectivity index (χ3v) is 4.27. The first-order chi connectivity index (χ1) is 13.4. The molecule has 3 rings (SSSR count). The van der Waals surface area contributed by atoms with Crippen LogP contribution >= 0.6 is 0 Å². The van der Waals surface area contributed by atoms with Gasteiger partial charge in [-0.3, -0.25) is 9.59 Å². The number of carbonyl (C=O) groups is 1. The molecule has 0 aliphatic carbocycles. The molecule has 0 aliphatic rings. The van der Waals surface area contributed by atoms with E-state index in [0.717, 1.165) is 11.3 Å². The van der Waals surface area contributed by atoms with Crippen LogP contribution in [-0.2, 0) is 6.54 Å². The fraction of sp³-hybridized carbons (Fsp3) is 0.273. The molecule has 3 aromatic rings. The number of hydrogen-bond donors (Lipinski definition) is 2. The zero-order valence-corrected chi connectivity index (χ0v) is 16.5. The van der Waals surface area contributed by atoms with E-state index >= 15 is 0 Å². The van der Waals surface area contributed by atoms with Crippen molar-refractivity contribution in [1.29, 1.82) is 0 Å². The molecule has 0 radical (unpaired) electrons. The molecule has 6 nitrogen and oxygen atoms in total. The molecule has 0 aliphatic heterocycles. The number of nitrogens with one attached hydrogen (secondary N) is 2. The van der Waals surface area contributed by atoms with Gasteiger partial charge in [0.2, 0.25) is 0 Å². The molecule has 2 aromatic carbocycles. The molecule has 0 spiro atoms. The SMILES string of the molecule is COc1cc(CNC(=O)c2ccc3[nH]c(C)cc(=O)c3c2)ccc1OC(C)C. The number of ether oxygens (including phenoxy) is 2. The van der Waals surface area contributed by atoms with Gasteiger partial charge >= 0.3 is 0 Å². The summed E-state index contributed by atoms with van der Waals surface area (Å²) in [5.41, 5.74) is 2.72. The lowest BCUT2D eigenvalue weighted by molar-refractivity contribution is 0.0951. The highest BCUT2D eigenvalue weighted by atomic mass is 16.5. The number of benzene rings is 2. The summed E-state index contributed by atoms with van der Waals surface area (Å²) in [5, 5.41) is 3.37. The van der Waals surface area contributed by atoms with Crippen molar-refractivity contribution in [2.75, 3.05) is 7.11 Å². The number of aryl methyl sites for hydroxylation is 1. The number of carbonyl (C=O) groups excluding carboxylic acids is 1. The van der Waals surface area contributed by atoms with Crippen molar-refractivity contribution in [2.24, 2.45) is 0 Å². The van der Waals surface area contributed by atoms with Gasteiger partial charge in [-0.15, -0.1) is 0 Å². The highest BCUT2D eigenvalue weighted by Crippen LogP contribution is 2.29. The molecule has 0 bridgehead atoms. The lowest BCUT2D eigenvalue weighted by atomic mass is 10.1. The van der Waals surface area contributed by atoms with Gasteiger partial charge in [-0.05, 0) is 56.7 Å². The third kappa shape index (κ3) is 4.34. The second-order valence-electron chi connectivity index (χ2n) is 6.91. The molecular weight excluding hydrogens is 356 g/mol. The van der Waals surface area contributed by atoms with E-state index in [1.165, 1.54) is 6.07 Å². The van der Waals surface area contributed by atoms with Gasteiger partial charge in [0.1, 0.15) is 0 Å². The summed E-state index contributed by atoms with van der Waals surface area (Å²) in [6.07, 6.45) is 0.0410. The number of pyridine rings is 1. The van der Waals surface area contributed by atoms with Crippen LogP contribution in [0.3, 0.4) is 0 Å². The van der Waals surface area contributed by atoms with Crippen molar-refractivity contribution in [3.8, 4) is 11.5 Å². The summed E-state index contributed by atoms with van der Waals surface area (Å²) in [6, 6.07) is 12.1. The molecule has 146 valence electrons. The van der Waals surface area contributed by atoms with Crippen molar-refractivity contribution in [2.45, 2.75) is 33.4 Å². The van der Waals surface area contributed by atoms with Crippen molar-refractivity contribution in [1.82, 2.24) is 10.3 Å². The van der Waals surface area contributed by atoms with E-state index in [4.69, 9.17) is 9.47 Å². The fourth-order valence-electron chi connectivity index (χ4n) is 2.98. The van der Waals surface area contributed by atoms with Gasteiger partial charge in [-0.2, -0.15) is 0 Å². The molecule has 0 fully saturated rings. The topological polar surface area (TPSA) is 80.4 Å². The number of amides is 1. The Hall–Kier alpha value is -3.28. The minimum atomic E-state index is -0.247. The Morgan fingerprint density at radius 2 is 1.89 bits per heavy atom. The number of rotatable bonds is 6. The molecule has 0 atom stereocenters. The van der Waals surface area contributed by atoms with E-state index < -0.39 is 0 Å². The van der Waals surface area contributed by atoms with Crippen LogP contribution in [0, 0.1) is 6.92 Å². The quantitative estimate of drug-likeness (QED) is 0.685. The van der Waals surface area contributed by atoms with E-state index in [2.05, 4.69) is 10.3 Å². The maximum atomic E-state index is 12.5. The number of aromatic amines is 1. The maximum Gasteiger partial charge on any atom is 0.251 e. The van der Waals surface area contributed by atoms with Crippen molar-refractivity contribution in [3.05, 3.63) is 69.5 Å². The van der Waals surface area contributed by atoms with Crippen molar-refractivity contribution < 1.29 is 14.3 Å². The zero-order valence-electron chi connectivity index (χ0n) is 16.5. The highest BCUT2D eigenvalue weighted by Gasteiger charge is 2.11. The van der Waals surface area contributed by atoms with Gasteiger partial charge in [0, 0.05) is 34.8 Å². The van der Waals surface area contributed by atoms with E-state index in [0.29, 0.717) is 34.5 Å². The Labute approximate surface area is 163 Å². The standard InChI is InChI=1S/C22H24N2O4/c1-13(2)28-20-8-5-15(10-21(20)27-4)12-23-22(26)16-6-7-18-17(11-16)19(25)9-14(3)24-18/h5-11,13H,12H2,1-4H3,(H,23,26)(H,24,25). The maximum absolute atomic E-state index is 12.5. The van der Waals surface area contributed by atoms with Crippen LogP contribution in [0.2, 0.25) is 0 Å². The second kappa shape index (κ2) is 8.17. The van der Waals surface area contributed by atoms with Gasteiger partial charge in [-0.25, -0.2) is 0 Å². The van der Waals surface area contributed by atoms with Crippen LogP contribution < -0.4 is 20.2 Å². The summed E-state index contributed by atoms with van der Waals surface area (Å²) in [7, 11) is 1.58. The molecule has 0 unspecified atom stereocenters. The highest BCUT2D eigenvalue weighted by molar-refractivity contribution is 5.97. The Balaban J connectivity index is 1.75. The van der Waals surface area contributed by atoms with Crippen molar-refractivity contribution in [3.63, 3.8) is 0 Å². The van der Waals surface area contributed by atoms with Crippen LogP contribution in [0.15, 0.2) is 47.3 Å². The number of fused-ring (bicyclic) bond motifs is 1. The minimum absolute atomic E-state index is 0.0410. The molecule has 6 heteroatoms. The predicted molar refractivity (Wildman–Crippen MR) is 109 cm³/mol. The van der Waals surface area contributed by atoms with Crippen LogP contribution in [-0.4, -0.2) is 24.1 Å². The normalized spacial score (nSPS) is 10.9. The first kappa shape index (κ1) is 19.5. The Morgan fingerprint density at radius 1 is 1.11 bits per heavy atom. The third-order valence-electron chi connectivity index (χ3n) is 4.27. The summed E-state index contributed by atoms with van der Waals surface area (Å²) in [5.74, 6) is 1.04. The number of H-pyrrole nitrogens is 1. The van der Waals surface area contributed by atoms with Gasteiger partial charge in [0.05, 0.1) is 13.2 Å². The Morgan fingerprint density at radius 3 is 2.61 bits per heavy atom. The van der Waals surface area contributed by atoms with Gasteiger partial charge in [0.15, 0.2) is 16.9 Å². The largest absolute Gasteiger partial charge is 0.493 e. The van der Waals surface area contributed by atoms with E-state index in [9.17, 15) is 9.59 Å². The molecule has 0 saturated carbocycles. The zero-order chi connectivity index (χ0) is 20.3. The van der Waals surface area contributed by atoms with E-state index in [1.807, 2.05) is 39.0 Å². The van der Waals surface area contributed by atoms with Crippen LogP contribution in [0.4, 0.5) is 0 Å². The van der Waals surface area contributed by atoms with Crippen LogP contribution in [0.1, 0.15) is 35.5 Å². The molecule has 28 heavy (non-hydrogen) atoms. The molecule has 1 aromatic heterocycles. The first-order valence-corrected chi connectivity index (χ1v) is 9.13. The Bertz CT molecular complexity index is 1070. The molecule has 2 N–H and O–H groups in total. The smallest absolute Gasteiger partial charge is 0.251 e. The molecular formula is C22H24N2O4. The molecule has 1 amide bonds. The summed E-state index contributed by atoms with van der Waals surface area (Å²) in [4.78, 5) is 27.8. The molecule has 1 heterocycles. The fourth-order valence-corrected chi connectivity index (χ4v) is 2.98. The molecule has 0 saturated heterocycles. The number of methoxy groups -OCH3 is 1. The second-order valence-corrected chi connectivity index (χ2v) is 6.91. The van der Waals surface area contributed by atoms with Crippen molar-refractivity contribution >= 4 is 16.8 Å². The van der Waals surface area contributed by atoms with E-state index in [1.54, 1.807) is 25.3 Å². The number of aromatic nitrogens is 1. The minimum Gasteiger partial charge on any atom is -0.493 e. The van der Waals surface area contributed by atoms with Crippen LogP contribution in [0.5, 0.6) is 11.5 Å². The van der Waals surface area contributed by atoms with E-state index in [-0.39, 0.29) is 17.4 Å². The first-order valence-electron chi connectivity index (χ1n) is 9.13. The summed E-state index contributed by atoms with van der Waals surface area (Å²) < 4.78 is 11.1. The number of hydrogen-bond acceptors (Lipinski definition) is 4.